The van der Waals surface area contributed by atoms with Gasteiger partial charge in [0.25, 0.3) is 0 Å². The third-order valence-corrected chi connectivity index (χ3v) is 2.65. The Hall–Kier alpha value is -1.81. The van der Waals surface area contributed by atoms with Crippen molar-refractivity contribution in [1.29, 1.82) is 0 Å². The Balaban J connectivity index is 2.24. The van der Waals surface area contributed by atoms with Crippen LogP contribution >= 0.6 is 0 Å². The number of nitrogens with two attached hydrogens (primary N) is 1. The van der Waals surface area contributed by atoms with Crippen molar-refractivity contribution >= 4 is 0 Å². The minimum Gasteiger partial charge on any atom is -0.508 e. The molecular formula is C13H17N3O. The Morgan fingerprint density at radius 2 is 2.29 bits per heavy atom. The summed E-state index contributed by atoms with van der Waals surface area (Å²) in [4.78, 5) is 4.32. The standard InChI is InChI=1S/C13H17N3O/c1-10(14)5-7-16-8-6-15-13(16)11-3-2-4-12(17)9-11/h2-4,6,8-10,17H,5,7,14H2,1H3. The number of rotatable bonds is 4. The van der Waals surface area contributed by atoms with Crippen LogP contribution in [0.15, 0.2) is 36.7 Å². The number of nitrogens with zero attached hydrogens (tertiary/aromatic N) is 2. The SMILES string of the molecule is CC(N)CCn1ccnc1-c1cccc(O)c1. The Morgan fingerprint density at radius 1 is 1.47 bits per heavy atom. The maximum atomic E-state index is 9.46. The van der Waals surface area contributed by atoms with Crippen LogP contribution in [0, 0.1) is 0 Å². The second-order valence-electron chi connectivity index (χ2n) is 4.26. The third-order valence-electron chi connectivity index (χ3n) is 2.65. The predicted molar refractivity (Wildman–Crippen MR) is 67.6 cm³/mol. The van der Waals surface area contributed by atoms with Gasteiger partial charge in [-0.05, 0) is 25.5 Å². The van der Waals surface area contributed by atoms with Crippen molar-refractivity contribution in [3.63, 3.8) is 0 Å². The molecule has 0 aliphatic heterocycles. The average Bonchev–Trinajstić information content (AvgIpc) is 2.74. The molecule has 0 saturated carbocycles. The predicted octanol–water partition coefficient (Wildman–Crippen LogP) is 1.99. The van der Waals surface area contributed by atoms with Gasteiger partial charge in [0.1, 0.15) is 11.6 Å². The molecular weight excluding hydrogens is 214 g/mol. The molecule has 0 bridgehead atoms. The summed E-state index contributed by atoms with van der Waals surface area (Å²) >= 11 is 0. The van der Waals surface area contributed by atoms with Crippen molar-refractivity contribution in [3.8, 4) is 17.1 Å². The lowest BCUT2D eigenvalue weighted by molar-refractivity contribution is 0.475. The molecule has 0 fully saturated rings. The van der Waals surface area contributed by atoms with E-state index >= 15 is 0 Å². The van der Waals surface area contributed by atoms with E-state index in [1.807, 2.05) is 25.3 Å². The number of aromatic hydroxyl groups is 1. The van der Waals surface area contributed by atoms with Gasteiger partial charge in [-0.3, -0.25) is 0 Å². The van der Waals surface area contributed by atoms with Crippen LogP contribution < -0.4 is 5.73 Å². The largest absolute Gasteiger partial charge is 0.508 e. The van der Waals surface area contributed by atoms with Gasteiger partial charge in [-0.25, -0.2) is 4.98 Å². The molecule has 1 unspecified atom stereocenters. The summed E-state index contributed by atoms with van der Waals surface area (Å²) in [6.45, 7) is 2.83. The Labute approximate surface area is 101 Å². The topological polar surface area (TPSA) is 64.1 Å². The van der Waals surface area contributed by atoms with Crippen molar-refractivity contribution in [1.82, 2.24) is 9.55 Å². The van der Waals surface area contributed by atoms with Crippen LogP contribution in [0.2, 0.25) is 0 Å². The molecule has 1 aromatic heterocycles. The van der Waals surface area contributed by atoms with E-state index in [1.165, 1.54) is 0 Å². The summed E-state index contributed by atoms with van der Waals surface area (Å²) in [6, 6.07) is 7.29. The number of phenolic OH excluding ortho intramolecular Hbond substituents is 1. The monoisotopic (exact) mass is 231 g/mol. The van der Waals surface area contributed by atoms with Crippen LogP contribution in [0.3, 0.4) is 0 Å². The fourth-order valence-corrected chi connectivity index (χ4v) is 1.74. The highest BCUT2D eigenvalue weighted by Crippen LogP contribution is 2.21. The van der Waals surface area contributed by atoms with Crippen molar-refractivity contribution < 1.29 is 5.11 Å². The third kappa shape index (κ3) is 2.85. The highest BCUT2D eigenvalue weighted by atomic mass is 16.3. The normalized spacial score (nSPS) is 12.6. The summed E-state index contributed by atoms with van der Waals surface area (Å²) in [5.74, 6) is 1.12. The molecule has 4 nitrogen and oxygen atoms in total. The Bertz CT molecular complexity index is 491. The van der Waals surface area contributed by atoms with Gasteiger partial charge < -0.3 is 15.4 Å². The molecule has 3 N–H and O–H groups in total. The van der Waals surface area contributed by atoms with E-state index in [9.17, 15) is 5.11 Å². The average molecular weight is 231 g/mol. The van der Waals surface area contributed by atoms with Crippen LogP contribution in [0.5, 0.6) is 5.75 Å². The van der Waals surface area contributed by atoms with E-state index in [0.29, 0.717) is 0 Å². The van der Waals surface area contributed by atoms with Gasteiger partial charge >= 0.3 is 0 Å². The first-order chi connectivity index (χ1) is 8.16. The lowest BCUT2D eigenvalue weighted by Gasteiger charge is -2.09. The number of hydrogen-bond acceptors (Lipinski definition) is 3. The molecule has 0 radical (unpaired) electrons. The fourth-order valence-electron chi connectivity index (χ4n) is 1.74. The lowest BCUT2D eigenvalue weighted by atomic mass is 10.2. The number of benzene rings is 1. The van der Waals surface area contributed by atoms with Crippen molar-refractivity contribution in [2.24, 2.45) is 5.73 Å². The number of hydrogen-bond donors (Lipinski definition) is 2. The van der Waals surface area contributed by atoms with E-state index in [4.69, 9.17) is 5.73 Å². The Kier molecular flexibility index (Phi) is 3.44. The summed E-state index contributed by atoms with van der Waals surface area (Å²) in [5.41, 5.74) is 6.66. The number of aromatic nitrogens is 2. The molecule has 0 aliphatic rings. The first kappa shape index (κ1) is 11.7. The molecule has 0 saturated heterocycles. The van der Waals surface area contributed by atoms with E-state index < -0.39 is 0 Å². The highest BCUT2D eigenvalue weighted by molar-refractivity contribution is 5.57. The first-order valence-electron chi connectivity index (χ1n) is 5.73. The van der Waals surface area contributed by atoms with E-state index in [0.717, 1.165) is 24.4 Å². The van der Waals surface area contributed by atoms with Crippen molar-refractivity contribution in [3.05, 3.63) is 36.7 Å². The van der Waals surface area contributed by atoms with Gasteiger partial charge in [0.2, 0.25) is 0 Å². The molecule has 4 heteroatoms. The minimum absolute atomic E-state index is 0.175. The van der Waals surface area contributed by atoms with Gasteiger partial charge in [-0.2, -0.15) is 0 Å². The quantitative estimate of drug-likeness (QED) is 0.845. The fraction of sp³-hybridized carbons (Fsp3) is 0.308. The van der Waals surface area contributed by atoms with E-state index in [1.54, 1.807) is 18.3 Å². The zero-order chi connectivity index (χ0) is 12.3. The smallest absolute Gasteiger partial charge is 0.140 e. The van der Waals surface area contributed by atoms with Crippen LogP contribution in [0.25, 0.3) is 11.4 Å². The first-order valence-corrected chi connectivity index (χ1v) is 5.73. The van der Waals surface area contributed by atoms with E-state index in [2.05, 4.69) is 9.55 Å². The molecule has 90 valence electrons. The maximum Gasteiger partial charge on any atom is 0.140 e. The Morgan fingerprint density at radius 3 is 3.00 bits per heavy atom. The number of imidazole rings is 1. The summed E-state index contributed by atoms with van der Waals surface area (Å²) in [5, 5.41) is 9.46. The summed E-state index contributed by atoms with van der Waals surface area (Å²) in [7, 11) is 0. The van der Waals surface area contributed by atoms with Crippen molar-refractivity contribution in [2.75, 3.05) is 0 Å². The molecule has 0 spiro atoms. The van der Waals surface area contributed by atoms with Crippen LogP contribution in [0.1, 0.15) is 13.3 Å². The summed E-state index contributed by atoms with van der Waals surface area (Å²) < 4.78 is 2.05. The van der Waals surface area contributed by atoms with Crippen LogP contribution in [-0.2, 0) is 6.54 Å². The number of phenols is 1. The van der Waals surface area contributed by atoms with Gasteiger partial charge in [-0.15, -0.1) is 0 Å². The molecule has 2 aromatic rings. The zero-order valence-electron chi connectivity index (χ0n) is 9.87. The molecule has 1 aromatic carbocycles. The van der Waals surface area contributed by atoms with Gasteiger partial charge in [0, 0.05) is 30.5 Å². The van der Waals surface area contributed by atoms with Gasteiger partial charge in [-0.1, -0.05) is 12.1 Å². The zero-order valence-corrected chi connectivity index (χ0v) is 9.87. The minimum atomic E-state index is 0.175. The van der Waals surface area contributed by atoms with Crippen LogP contribution in [0.4, 0.5) is 0 Å². The van der Waals surface area contributed by atoms with E-state index in [-0.39, 0.29) is 11.8 Å². The molecule has 17 heavy (non-hydrogen) atoms. The van der Waals surface area contributed by atoms with Crippen LogP contribution in [-0.4, -0.2) is 20.7 Å². The molecule has 0 aliphatic carbocycles. The van der Waals surface area contributed by atoms with Crippen molar-refractivity contribution in [2.45, 2.75) is 25.9 Å². The van der Waals surface area contributed by atoms with Gasteiger partial charge in [0.05, 0.1) is 0 Å². The number of aryl methyl sites for hydroxylation is 1. The molecule has 1 heterocycles. The maximum absolute atomic E-state index is 9.46. The highest BCUT2D eigenvalue weighted by Gasteiger charge is 2.06. The molecule has 2 rings (SSSR count). The van der Waals surface area contributed by atoms with Gasteiger partial charge in [0.15, 0.2) is 0 Å². The molecule has 1 atom stereocenters. The second-order valence-corrected chi connectivity index (χ2v) is 4.26. The molecule has 0 amide bonds. The second kappa shape index (κ2) is 5.01. The summed E-state index contributed by atoms with van der Waals surface area (Å²) in [6.07, 6.45) is 4.60. The lowest BCUT2D eigenvalue weighted by Crippen LogP contribution is -2.17.